The zero-order chi connectivity index (χ0) is 15.7. The van der Waals surface area contributed by atoms with Crippen LogP contribution in [0.3, 0.4) is 0 Å². The molecule has 1 aliphatic rings. The molecule has 118 valence electrons. The van der Waals surface area contributed by atoms with Crippen LogP contribution in [0.2, 0.25) is 0 Å². The van der Waals surface area contributed by atoms with Gasteiger partial charge >= 0.3 is 0 Å². The highest BCUT2D eigenvalue weighted by Gasteiger charge is 2.34. The topological polar surface area (TPSA) is 46.3 Å². The standard InChI is InChI=1S/C17H28N2OS/c1-6-19(9-10(2)3)17-13(12-7-8-12)14(18)16(21-17)15(20)11(4)5/h10-12H,6-9,18H2,1-5H3. The Morgan fingerprint density at radius 3 is 2.38 bits per heavy atom. The van der Waals surface area contributed by atoms with Crippen LogP contribution < -0.4 is 10.6 Å². The van der Waals surface area contributed by atoms with Crippen molar-refractivity contribution in [3.63, 3.8) is 0 Å². The third kappa shape index (κ3) is 3.42. The van der Waals surface area contributed by atoms with Gasteiger partial charge < -0.3 is 10.6 Å². The van der Waals surface area contributed by atoms with Gasteiger partial charge in [-0.3, -0.25) is 4.79 Å². The molecule has 0 atom stereocenters. The number of nitrogen functional groups attached to an aromatic ring is 1. The van der Waals surface area contributed by atoms with E-state index in [2.05, 4.69) is 25.7 Å². The number of Topliss-reactive ketones (excluding diaryl/α,β-unsaturated/α-hetero) is 1. The summed E-state index contributed by atoms with van der Waals surface area (Å²) in [7, 11) is 0. The number of thiophene rings is 1. The summed E-state index contributed by atoms with van der Waals surface area (Å²) >= 11 is 1.62. The summed E-state index contributed by atoms with van der Waals surface area (Å²) in [6, 6.07) is 0. The quantitative estimate of drug-likeness (QED) is 0.753. The Morgan fingerprint density at radius 2 is 1.95 bits per heavy atom. The lowest BCUT2D eigenvalue weighted by Crippen LogP contribution is -2.27. The predicted molar refractivity (Wildman–Crippen MR) is 92.6 cm³/mol. The Morgan fingerprint density at radius 1 is 1.33 bits per heavy atom. The van der Waals surface area contributed by atoms with E-state index >= 15 is 0 Å². The Hall–Kier alpha value is -1.03. The van der Waals surface area contributed by atoms with E-state index in [-0.39, 0.29) is 11.7 Å². The van der Waals surface area contributed by atoms with Gasteiger partial charge in [0.05, 0.1) is 15.6 Å². The average Bonchev–Trinajstić information content (AvgIpc) is 3.19. The summed E-state index contributed by atoms with van der Waals surface area (Å²) in [6.45, 7) is 12.5. The Bertz CT molecular complexity index is 515. The lowest BCUT2D eigenvalue weighted by molar-refractivity contribution is 0.0944. The van der Waals surface area contributed by atoms with E-state index in [9.17, 15) is 4.79 Å². The van der Waals surface area contributed by atoms with Crippen LogP contribution in [0.1, 0.15) is 68.6 Å². The summed E-state index contributed by atoms with van der Waals surface area (Å²) < 4.78 is 0. The van der Waals surface area contributed by atoms with Gasteiger partial charge in [-0.1, -0.05) is 27.7 Å². The molecule has 1 aromatic heterocycles. The van der Waals surface area contributed by atoms with Gasteiger partial charge in [-0.15, -0.1) is 11.3 Å². The van der Waals surface area contributed by atoms with E-state index < -0.39 is 0 Å². The van der Waals surface area contributed by atoms with Crippen molar-refractivity contribution >= 4 is 27.8 Å². The van der Waals surface area contributed by atoms with Crippen molar-refractivity contribution in [2.75, 3.05) is 23.7 Å². The maximum absolute atomic E-state index is 12.4. The summed E-state index contributed by atoms with van der Waals surface area (Å²) in [5, 5.41) is 1.25. The van der Waals surface area contributed by atoms with Crippen LogP contribution in [0.4, 0.5) is 10.7 Å². The summed E-state index contributed by atoms with van der Waals surface area (Å²) in [5.74, 6) is 1.37. The molecule has 0 bridgehead atoms. The smallest absolute Gasteiger partial charge is 0.177 e. The highest BCUT2D eigenvalue weighted by atomic mass is 32.1. The Labute approximate surface area is 132 Å². The largest absolute Gasteiger partial charge is 0.397 e. The zero-order valence-electron chi connectivity index (χ0n) is 13.9. The van der Waals surface area contributed by atoms with Crippen molar-refractivity contribution < 1.29 is 4.79 Å². The second-order valence-electron chi connectivity index (χ2n) is 6.79. The number of ketones is 1. The molecule has 1 heterocycles. The van der Waals surface area contributed by atoms with Crippen molar-refractivity contribution in [1.29, 1.82) is 0 Å². The number of anilines is 2. The molecule has 0 spiro atoms. The molecular formula is C17H28N2OS. The molecule has 1 fully saturated rings. The number of nitrogens with two attached hydrogens (primary N) is 1. The minimum Gasteiger partial charge on any atom is -0.397 e. The number of nitrogens with zero attached hydrogens (tertiary/aromatic N) is 1. The van der Waals surface area contributed by atoms with Crippen molar-refractivity contribution in [2.24, 2.45) is 11.8 Å². The van der Waals surface area contributed by atoms with Gasteiger partial charge in [-0.05, 0) is 31.6 Å². The number of hydrogen-bond donors (Lipinski definition) is 1. The first-order valence-electron chi connectivity index (χ1n) is 8.08. The Balaban J connectivity index is 2.44. The van der Waals surface area contributed by atoms with E-state index in [1.807, 2.05) is 13.8 Å². The summed E-state index contributed by atoms with van der Waals surface area (Å²) in [6.07, 6.45) is 2.42. The molecule has 2 rings (SSSR count). The van der Waals surface area contributed by atoms with E-state index in [1.165, 1.54) is 23.4 Å². The molecule has 21 heavy (non-hydrogen) atoms. The van der Waals surface area contributed by atoms with Crippen molar-refractivity contribution in [1.82, 2.24) is 0 Å². The predicted octanol–water partition coefficient (Wildman–Crippen LogP) is 4.53. The third-order valence-corrected chi connectivity index (χ3v) is 5.25. The number of carbonyl (C=O) groups excluding carboxylic acids is 1. The van der Waals surface area contributed by atoms with Gasteiger partial charge in [0.1, 0.15) is 0 Å². The SMILES string of the molecule is CCN(CC(C)C)c1sc(C(=O)C(C)C)c(N)c1C1CC1. The second kappa shape index (κ2) is 6.39. The molecule has 0 aliphatic heterocycles. The maximum Gasteiger partial charge on any atom is 0.177 e. The minimum absolute atomic E-state index is 0.00558. The first-order valence-corrected chi connectivity index (χ1v) is 8.89. The fraction of sp³-hybridized carbons (Fsp3) is 0.706. The van der Waals surface area contributed by atoms with Gasteiger partial charge in [0.2, 0.25) is 0 Å². The van der Waals surface area contributed by atoms with Crippen LogP contribution in [0, 0.1) is 11.8 Å². The third-order valence-electron chi connectivity index (χ3n) is 3.95. The molecule has 1 saturated carbocycles. The number of hydrogen-bond acceptors (Lipinski definition) is 4. The highest BCUT2D eigenvalue weighted by Crippen LogP contribution is 2.52. The van der Waals surface area contributed by atoms with E-state index in [0.717, 1.165) is 23.7 Å². The fourth-order valence-electron chi connectivity index (χ4n) is 2.69. The van der Waals surface area contributed by atoms with Crippen molar-refractivity contribution in [3.8, 4) is 0 Å². The fourth-order valence-corrected chi connectivity index (χ4v) is 4.16. The lowest BCUT2D eigenvalue weighted by atomic mass is 10.0. The normalized spacial score (nSPS) is 15.0. The molecular weight excluding hydrogens is 280 g/mol. The van der Waals surface area contributed by atoms with Crippen LogP contribution in [0.5, 0.6) is 0 Å². The first-order chi connectivity index (χ1) is 9.86. The van der Waals surface area contributed by atoms with Crippen LogP contribution >= 0.6 is 11.3 Å². The second-order valence-corrected chi connectivity index (χ2v) is 7.79. The van der Waals surface area contributed by atoms with Crippen molar-refractivity contribution in [2.45, 2.75) is 53.4 Å². The van der Waals surface area contributed by atoms with Gasteiger partial charge in [0.15, 0.2) is 5.78 Å². The van der Waals surface area contributed by atoms with E-state index in [0.29, 0.717) is 11.8 Å². The van der Waals surface area contributed by atoms with E-state index in [4.69, 9.17) is 5.73 Å². The average molecular weight is 308 g/mol. The molecule has 0 amide bonds. The molecule has 0 unspecified atom stereocenters. The van der Waals surface area contributed by atoms with Crippen LogP contribution in [0.15, 0.2) is 0 Å². The Kier molecular flexibility index (Phi) is 4.97. The van der Waals surface area contributed by atoms with Crippen LogP contribution in [0.25, 0.3) is 0 Å². The monoisotopic (exact) mass is 308 g/mol. The lowest BCUT2D eigenvalue weighted by Gasteiger charge is -2.25. The minimum atomic E-state index is 0.00558. The number of carbonyl (C=O) groups is 1. The van der Waals surface area contributed by atoms with E-state index in [1.54, 1.807) is 11.3 Å². The van der Waals surface area contributed by atoms with Gasteiger partial charge in [0.25, 0.3) is 0 Å². The first kappa shape index (κ1) is 16.3. The molecule has 4 heteroatoms. The zero-order valence-corrected chi connectivity index (χ0v) is 14.7. The number of rotatable bonds is 7. The highest BCUT2D eigenvalue weighted by molar-refractivity contribution is 7.19. The molecule has 0 aromatic carbocycles. The van der Waals surface area contributed by atoms with Gasteiger partial charge in [0, 0.05) is 24.6 Å². The maximum atomic E-state index is 12.4. The van der Waals surface area contributed by atoms with Gasteiger partial charge in [-0.2, -0.15) is 0 Å². The van der Waals surface area contributed by atoms with Crippen LogP contribution in [-0.4, -0.2) is 18.9 Å². The van der Waals surface area contributed by atoms with Crippen LogP contribution in [-0.2, 0) is 0 Å². The molecule has 3 nitrogen and oxygen atoms in total. The molecule has 0 saturated heterocycles. The summed E-state index contributed by atoms with van der Waals surface area (Å²) in [5.41, 5.74) is 8.39. The molecule has 1 aliphatic carbocycles. The summed E-state index contributed by atoms with van der Waals surface area (Å²) in [4.78, 5) is 15.6. The van der Waals surface area contributed by atoms with Gasteiger partial charge in [-0.25, -0.2) is 0 Å². The molecule has 2 N–H and O–H groups in total. The van der Waals surface area contributed by atoms with Crippen molar-refractivity contribution in [3.05, 3.63) is 10.4 Å². The molecule has 1 aromatic rings. The molecule has 0 radical (unpaired) electrons.